The second-order valence-electron chi connectivity index (χ2n) is 7.89. The highest BCUT2D eigenvalue weighted by Gasteiger charge is 2.18. The van der Waals surface area contributed by atoms with Crippen LogP contribution in [0.3, 0.4) is 0 Å². The van der Waals surface area contributed by atoms with Gasteiger partial charge in [0.05, 0.1) is 22.2 Å². The van der Waals surface area contributed by atoms with Crippen LogP contribution in [-0.2, 0) is 4.79 Å². The summed E-state index contributed by atoms with van der Waals surface area (Å²) in [7, 11) is 0. The van der Waals surface area contributed by atoms with Crippen molar-refractivity contribution in [1.29, 1.82) is 0 Å². The summed E-state index contributed by atoms with van der Waals surface area (Å²) in [5, 5.41) is 4.97. The zero-order valence-corrected chi connectivity index (χ0v) is 18.5. The molecule has 6 heteroatoms. The van der Waals surface area contributed by atoms with E-state index in [1.807, 2.05) is 62.4 Å². The smallest absolute Gasteiger partial charge is 0.262 e. The van der Waals surface area contributed by atoms with Gasteiger partial charge >= 0.3 is 0 Å². The number of amides is 1. The van der Waals surface area contributed by atoms with E-state index < -0.39 is 0 Å². The minimum Gasteiger partial charge on any atom is -0.484 e. The molecular formula is C27H23N3O3. The third-order valence-electron chi connectivity index (χ3n) is 5.77. The van der Waals surface area contributed by atoms with Crippen molar-refractivity contribution in [3.05, 3.63) is 84.2 Å². The highest BCUT2D eigenvalue weighted by Crippen LogP contribution is 2.36. The zero-order valence-electron chi connectivity index (χ0n) is 18.5. The number of anilines is 1. The largest absolute Gasteiger partial charge is 0.484 e. The summed E-state index contributed by atoms with van der Waals surface area (Å²) < 4.78 is 7.76. The molecule has 0 saturated heterocycles. The van der Waals surface area contributed by atoms with E-state index in [0.717, 1.165) is 38.8 Å². The minimum absolute atomic E-state index is 0.0729. The van der Waals surface area contributed by atoms with Crippen molar-refractivity contribution in [3.8, 4) is 5.75 Å². The molecule has 5 rings (SSSR count). The molecule has 3 aromatic carbocycles. The van der Waals surface area contributed by atoms with Crippen molar-refractivity contribution >= 4 is 44.7 Å². The van der Waals surface area contributed by atoms with Crippen molar-refractivity contribution in [1.82, 2.24) is 9.38 Å². The molecule has 0 radical (unpaired) electrons. The van der Waals surface area contributed by atoms with Crippen molar-refractivity contribution in [2.75, 3.05) is 11.9 Å². The Balaban J connectivity index is 1.48. The first kappa shape index (κ1) is 20.7. The zero-order chi connectivity index (χ0) is 22.9. The molecule has 0 bridgehead atoms. The van der Waals surface area contributed by atoms with Crippen molar-refractivity contribution < 1.29 is 14.3 Å². The molecule has 2 aromatic heterocycles. The molecule has 0 spiro atoms. The average molecular weight is 437 g/mol. The van der Waals surface area contributed by atoms with E-state index in [1.165, 1.54) is 0 Å². The monoisotopic (exact) mass is 437 g/mol. The molecule has 5 aromatic rings. The highest BCUT2D eigenvalue weighted by molar-refractivity contribution is 6.16. The number of aryl methyl sites for hydroxylation is 1. The van der Waals surface area contributed by atoms with Crippen molar-refractivity contribution in [3.63, 3.8) is 0 Å². The molecule has 0 atom stereocenters. The summed E-state index contributed by atoms with van der Waals surface area (Å²) in [6.07, 6.45) is 0.450. The average Bonchev–Trinajstić information content (AvgIpc) is 3.17. The SMILES string of the molecule is CCC(=O)c1ccc(OCC(=O)Nc2c3ccccc3n3c(C)nc4ccccc4c23)cc1. The van der Waals surface area contributed by atoms with E-state index in [1.54, 1.807) is 24.3 Å². The number of hydrogen-bond acceptors (Lipinski definition) is 4. The van der Waals surface area contributed by atoms with Crippen LogP contribution in [0, 0.1) is 6.92 Å². The van der Waals surface area contributed by atoms with Gasteiger partial charge in [0, 0.05) is 22.8 Å². The van der Waals surface area contributed by atoms with Gasteiger partial charge in [-0.15, -0.1) is 0 Å². The van der Waals surface area contributed by atoms with Crippen LogP contribution < -0.4 is 10.1 Å². The van der Waals surface area contributed by atoms with Crippen LogP contribution in [0.1, 0.15) is 29.5 Å². The molecule has 0 unspecified atom stereocenters. The standard InChI is InChI=1S/C27H23N3O3/c1-3-24(31)18-12-14-19(15-13-18)33-16-25(32)29-26-21-9-5-7-11-23(21)30-17(2)28-22-10-6-4-8-20(22)27(26)30/h4-15H,3,16H2,1-2H3,(H,29,32). The Hall–Kier alpha value is -4.19. The van der Waals surface area contributed by atoms with Gasteiger partial charge in [0.25, 0.3) is 5.91 Å². The summed E-state index contributed by atoms with van der Waals surface area (Å²) in [5.41, 5.74) is 4.14. The fourth-order valence-corrected chi connectivity index (χ4v) is 4.22. The maximum absolute atomic E-state index is 12.9. The minimum atomic E-state index is -0.263. The Morgan fingerprint density at radius 3 is 2.39 bits per heavy atom. The number of Topliss-reactive ketones (excluding diaryl/α,β-unsaturated/α-hetero) is 1. The molecule has 164 valence electrons. The van der Waals surface area contributed by atoms with Gasteiger partial charge in [0.2, 0.25) is 0 Å². The topological polar surface area (TPSA) is 72.7 Å². The first-order valence-electron chi connectivity index (χ1n) is 10.9. The number of fused-ring (bicyclic) bond motifs is 5. The Bertz CT molecular complexity index is 1520. The Kier molecular flexibility index (Phi) is 5.26. The van der Waals surface area contributed by atoms with Crippen molar-refractivity contribution in [2.24, 2.45) is 0 Å². The van der Waals surface area contributed by atoms with Gasteiger partial charge in [-0.3, -0.25) is 14.0 Å². The number of carbonyl (C=O) groups is 2. The summed E-state index contributed by atoms with van der Waals surface area (Å²) in [6, 6.07) is 22.7. The number of ether oxygens (including phenoxy) is 1. The Labute approximate surface area is 190 Å². The summed E-state index contributed by atoms with van der Waals surface area (Å²) in [6.45, 7) is 3.65. The van der Waals surface area contributed by atoms with Crippen molar-refractivity contribution in [2.45, 2.75) is 20.3 Å². The molecule has 1 N–H and O–H groups in total. The van der Waals surface area contributed by atoms with Gasteiger partial charge in [-0.2, -0.15) is 0 Å². The van der Waals surface area contributed by atoms with Crippen LogP contribution in [-0.4, -0.2) is 27.7 Å². The van der Waals surface area contributed by atoms with Gasteiger partial charge in [0.1, 0.15) is 11.6 Å². The molecule has 33 heavy (non-hydrogen) atoms. The van der Waals surface area contributed by atoms with Crippen LogP contribution in [0.2, 0.25) is 0 Å². The molecular weight excluding hydrogens is 414 g/mol. The second kappa shape index (κ2) is 8.39. The van der Waals surface area contributed by atoms with Gasteiger partial charge in [-0.1, -0.05) is 43.3 Å². The fourth-order valence-electron chi connectivity index (χ4n) is 4.22. The first-order chi connectivity index (χ1) is 16.1. The normalized spacial score (nSPS) is 11.2. The molecule has 0 aliphatic rings. The fraction of sp³-hybridized carbons (Fsp3) is 0.148. The summed E-state index contributed by atoms with van der Waals surface area (Å²) in [4.78, 5) is 29.4. The molecule has 0 aliphatic carbocycles. The molecule has 0 saturated carbocycles. The molecule has 1 amide bonds. The number of nitrogens with zero attached hydrogens (tertiary/aromatic N) is 2. The maximum Gasteiger partial charge on any atom is 0.262 e. The van der Waals surface area contributed by atoms with Crippen LogP contribution in [0.5, 0.6) is 5.75 Å². The van der Waals surface area contributed by atoms with Crippen LogP contribution in [0.4, 0.5) is 5.69 Å². The summed E-state index contributed by atoms with van der Waals surface area (Å²) in [5.74, 6) is 1.19. The van der Waals surface area contributed by atoms with Gasteiger partial charge < -0.3 is 10.1 Å². The number of nitrogens with one attached hydrogen (secondary N) is 1. The lowest BCUT2D eigenvalue weighted by molar-refractivity contribution is -0.118. The van der Waals surface area contributed by atoms with Gasteiger partial charge in [-0.05, 0) is 43.3 Å². The van der Waals surface area contributed by atoms with E-state index in [4.69, 9.17) is 9.72 Å². The van der Waals surface area contributed by atoms with Gasteiger partial charge in [-0.25, -0.2) is 4.98 Å². The first-order valence-corrected chi connectivity index (χ1v) is 10.9. The predicted octanol–water partition coefficient (Wildman–Crippen LogP) is 5.56. The second-order valence-corrected chi connectivity index (χ2v) is 7.89. The number of para-hydroxylation sites is 2. The van der Waals surface area contributed by atoms with E-state index in [9.17, 15) is 9.59 Å². The molecule has 0 fully saturated rings. The van der Waals surface area contributed by atoms with E-state index in [0.29, 0.717) is 17.7 Å². The van der Waals surface area contributed by atoms with Crippen LogP contribution >= 0.6 is 0 Å². The van der Waals surface area contributed by atoms with E-state index in [-0.39, 0.29) is 18.3 Å². The number of hydrogen-bond donors (Lipinski definition) is 1. The van der Waals surface area contributed by atoms with Crippen LogP contribution in [0.25, 0.3) is 27.3 Å². The molecule has 6 nitrogen and oxygen atoms in total. The lowest BCUT2D eigenvalue weighted by Crippen LogP contribution is -2.20. The van der Waals surface area contributed by atoms with E-state index >= 15 is 0 Å². The lowest BCUT2D eigenvalue weighted by Gasteiger charge is -2.10. The number of rotatable bonds is 6. The molecule has 0 aliphatic heterocycles. The number of benzene rings is 3. The van der Waals surface area contributed by atoms with E-state index in [2.05, 4.69) is 9.72 Å². The summed E-state index contributed by atoms with van der Waals surface area (Å²) >= 11 is 0. The molecule has 2 heterocycles. The van der Waals surface area contributed by atoms with Gasteiger partial charge in [0.15, 0.2) is 12.4 Å². The Morgan fingerprint density at radius 1 is 0.939 bits per heavy atom. The quantitative estimate of drug-likeness (QED) is 0.353. The maximum atomic E-state index is 12.9. The highest BCUT2D eigenvalue weighted by atomic mass is 16.5. The third-order valence-corrected chi connectivity index (χ3v) is 5.77. The number of aromatic nitrogens is 2. The lowest BCUT2D eigenvalue weighted by atomic mass is 10.1. The number of ketones is 1. The number of carbonyl (C=O) groups excluding carboxylic acids is 2. The third kappa shape index (κ3) is 3.69. The van der Waals surface area contributed by atoms with Crippen LogP contribution in [0.15, 0.2) is 72.8 Å². The predicted molar refractivity (Wildman–Crippen MR) is 130 cm³/mol. The Morgan fingerprint density at radius 2 is 1.64 bits per heavy atom.